The van der Waals surface area contributed by atoms with Crippen molar-refractivity contribution < 1.29 is 17.9 Å². The Labute approximate surface area is 180 Å². The van der Waals surface area contributed by atoms with Crippen LogP contribution in [0.2, 0.25) is 5.02 Å². The zero-order chi connectivity index (χ0) is 21.3. The molecule has 0 spiro atoms. The minimum Gasteiger partial charge on any atom is -0.476 e. The summed E-state index contributed by atoms with van der Waals surface area (Å²) in [4.78, 5) is 13.0. The second kappa shape index (κ2) is 8.01. The van der Waals surface area contributed by atoms with E-state index in [0.29, 0.717) is 16.4 Å². The van der Waals surface area contributed by atoms with Crippen molar-refractivity contribution in [1.29, 1.82) is 0 Å². The van der Waals surface area contributed by atoms with Gasteiger partial charge in [-0.15, -0.1) is 0 Å². The third-order valence-corrected chi connectivity index (χ3v) is 6.76. The molecule has 0 saturated carbocycles. The molecule has 0 aromatic heterocycles. The molecule has 4 rings (SSSR count). The van der Waals surface area contributed by atoms with Crippen LogP contribution < -0.4 is 14.4 Å². The number of aryl methyl sites for hydroxylation is 1. The van der Waals surface area contributed by atoms with Gasteiger partial charge in [0.1, 0.15) is 5.75 Å². The number of nitrogens with one attached hydrogen (secondary N) is 1. The summed E-state index contributed by atoms with van der Waals surface area (Å²) in [6.45, 7) is 1.77. The fraction of sp³-hybridized carbons (Fsp3) is 0.136. The third-order valence-electron chi connectivity index (χ3n) is 4.73. The number of nitrogens with zero attached hydrogens (tertiary/aromatic N) is 1. The van der Waals surface area contributed by atoms with Gasteiger partial charge in [0.15, 0.2) is 6.10 Å². The van der Waals surface area contributed by atoms with E-state index < -0.39 is 22.0 Å². The van der Waals surface area contributed by atoms with Crippen molar-refractivity contribution in [3.8, 4) is 5.75 Å². The van der Waals surface area contributed by atoms with Gasteiger partial charge in [-0.05, 0) is 49.4 Å². The number of sulfonamides is 1. The Morgan fingerprint density at radius 3 is 2.47 bits per heavy atom. The van der Waals surface area contributed by atoms with Gasteiger partial charge in [-0.2, -0.15) is 0 Å². The SMILES string of the molecule is Cc1ccc(NC(=O)[C@@H]2CN(S(=O)(=O)c3ccccc3)c3cc(Cl)ccc3O2)cc1. The van der Waals surface area contributed by atoms with E-state index in [-0.39, 0.29) is 17.2 Å². The highest BCUT2D eigenvalue weighted by atomic mass is 35.5. The minimum atomic E-state index is -3.92. The van der Waals surface area contributed by atoms with E-state index >= 15 is 0 Å². The Hall–Kier alpha value is -3.03. The first-order valence-corrected chi connectivity index (χ1v) is 11.1. The highest BCUT2D eigenvalue weighted by Crippen LogP contribution is 2.39. The number of rotatable bonds is 4. The topological polar surface area (TPSA) is 75.7 Å². The number of hydrogen-bond donors (Lipinski definition) is 1. The van der Waals surface area contributed by atoms with E-state index in [2.05, 4.69) is 5.32 Å². The van der Waals surface area contributed by atoms with Crippen LogP contribution in [0.25, 0.3) is 0 Å². The predicted molar refractivity (Wildman–Crippen MR) is 117 cm³/mol. The Balaban J connectivity index is 1.68. The molecule has 8 heteroatoms. The molecule has 0 bridgehead atoms. The van der Waals surface area contributed by atoms with Gasteiger partial charge in [0.2, 0.25) is 0 Å². The lowest BCUT2D eigenvalue weighted by atomic mass is 10.2. The van der Waals surface area contributed by atoms with E-state index in [1.165, 1.54) is 22.5 Å². The standard InChI is InChI=1S/C22H19ClN2O4S/c1-15-7-10-17(11-8-15)24-22(26)21-14-25(19-13-16(23)9-12-20(19)29-21)30(27,28)18-5-3-2-4-6-18/h2-13,21H,14H2,1H3,(H,24,26)/t21-/m0/s1. The quantitative estimate of drug-likeness (QED) is 0.655. The first kappa shape index (κ1) is 20.3. The molecule has 6 nitrogen and oxygen atoms in total. The maximum Gasteiger partial charge on any atom is 0.267 e. The smallest absolute Gasteiger partial charge is 0.267 e. The van der Waals surface area contributed by atoms with Crippen molar-refractivity contribution in [3.05, 3.63) is 83.4 Å². The molecule has 1 aliphatic rings. The van der Waals surface area contributed by atoms with Crippen molar-refractivity contribution in [2.24, 2.45) is 0 Å². The average Bonchev–Trinajstić information content (AvgIpc) is 2.75. The molecule has 1 atom stereocenters. The maximum absolute atomic E-state index is 13.3. The van der Waals surface area contributed by atoms with Crippen LogP contribution in [0, 0.1) is 6.92 Å². The average molecular weight is 443 g/mol. The zero-order valence-corrected chi connectivity index (χ0v) is 17.7. The van der Waals surface area contributed by atoms with Crippen LogP contribution in [-0.2, 0) is 14.8 Å². The van der Waals surface area contributed by atoms with Crippen LogP contribution >= 0.6 is 11.6 Å². The second-order valence-electron chi connectivity index (χ2n) is 6.92. The molecule has 1 heterocycles. The lowest BCUT2D eigenvalue weighted by Crippen LogP contribution is -2.48. The normalized spacial score (nSPS) is 15.8. The lowest BCUT2D eigenvalue weighted by Gasteiger charge is -2.34. The molecule has 0 unspecified atom stereocenters. The van der Waals surface area contributed by atoms with Gasteiger partial charge in [-0.3, -0.25) is 9.10 Å². The first-order chi connectivity index (χ1) is 14.3. The molecule has 3 aromatic rings. The van der Waals surface area contributed by atoms with E-state index in [4.69, 9.17) is 16.3 Å². The van der Waals surface area contributed by atoms with E-state index in [9.17, 15) is 13.2 Å². The summed E-state index contributed by atoms with van der Waals surface area (Å²) in [7, 11) is -3.92. The Kier molecular flexibility index (Phi) is 5.40. The van der Waals surface area contributed by atoms with Crippen molar-refractivity contribution in [2.45, 2.75) is 17.9 Å². The van der Waals surface area contributed by atoms with E-state index in [0.717, 1.165) is 5.56 Å². The number of benzene rings is 3. The minimum absolute atomic E-state index is 0.121. The second-order valence-corrected chi connectivity index (χ2v) is 9.22. The molecule has 3 aromatic carbocycles. The molecular weight excluding hydrogens is 424 g/mol. The molecule has 0 radical (unpaired) electrons. The number of ether oxygens (including phenoxy) is 1. The van der Waals surface area contributed by atoms with Crippen molar-refractivity contribution in [1.82, 2.24) is 0 Å². The highest BCUT2D eigenvalue weighted by Gasteiger charge is 2.37. The predicted octanol–water partition coefficient (Wildman–Crippen LogP) is 4.24. The lowest BCUT2D eigenvalue weighted by molar-refractivity contribution is -0.122. The molecule has 30 heavy (non-hydrogen) atoms. The van der Waals surface area contributed by atoms with Gasteiger partial charge in [0.25, 0.3) is 15.9 Å². The first-order valence-electron chi connectivity index (χ1n) is 9.26. The fourth-order valence-electron chi connectivity index (χ4n) is 3.17. The van der Waals surface area contributed by atoms with Gasteiger partial charge >= 0.3 is 0 Å². The van der Waals surface area contributed by atoms with Gasteiger partial charge in [0, 0.05) is 10.7 Å². The number of carbonyl (C=O) groups excluding carboxylic acids is 1. The summed E-state index contributed by atoms with van der Waals surface area (Å²) >= 11 is 6.10. The Morgan fingerprint density at radius 1 is 1.07 bits per heavy atom. The number of amides is 1. The van der Waals surface area contributed by atoms with Crippen LogP contribution in [0.5, 0.6) is 5.75 Å². The van der Waals surface area contributed by atoms with Crippen molar-refractivity contribution in [3.63, 3.8) is 0 Å². The summed E-state index contributed by atoms with van der Waals surface area (Å²) in [5, 5.41) is 3.15. The molecular formula is C22H19ClN2O4S. The summed E-state index contributed by atoms with van der Waals surface area (Å²) < 4.78 is 33.6. The Morgan fingerprint density at radius 2 is 1.77 bits per heavy atom. The van der Waals surface area contributed by atoms with E-state index in [1.54, 1.807) is 42.5 Å². The molecule has 1 aliphatic heterocycles. The van der Waals surface area contributed by atoms with Crippen LogP contribution in [0.4, 0.5) is 11.4 Å². The summed E-state index contributed by atoms with van der Waals surface area (Å²) in [5.74, 6) is -0.165. The molecule has 0 fully saturated rings. The number of carbonyl (C=O) groups is 1. The fourth-order valence-corrected chi connectivity index (χ4v) is 4.82. The molecule has 0 aliphatic carbocycles. The monoisotopic (exact) mass is 442 g/mol. The van der Waals surface area contributed by atoms with Crippen LogP contribution in [-0.4, -0.2) is 27.0 Å². The number of fused-ring (bicyclic) bond motifs is 1. The van der Waals surface area contributed by atoms with Crippen LogP contribution in [0.1, 0.15) is 5.56 Å². The molecule has 1 N–H and O–H groups in total. The van der Waals surface area contributed by atoms with Crippen molar-refractivity contribution in [2.75, 3.05) is 16.2 Å². The van der Waals surface area contributed by atoms with Crippen molar-refractivity contribution >= 4 is 38.9 Å². The third kappa shape index (κ3) is 3.99. The highest BCUT2D eigenvalue weighted by molar-refractivity contribution is 7.92. The molecule has 1 amide bonds. The van der Waals surface area contributed by atoms with Crippen LogP contribution in [0.3, 0.4) is 0 Å². The van der Waals surface area contributed by atoms with Crippen LogP contribution in [0.15, 0.2) is 77.7 Å². The molecule has 154 valence electrons. The summed E-state index contributed by atoms with van der Waals surface area (Å²) in [6.07, 6.45) is -1.03. The van der Waals surface area contributed by atoms with Gasteiger partial charge in [0.05, 0.1) is 17.1 Å². The zero-order valence-electron chi connectivity index (χ0n) is 16.1. The number of halogens is 1. The summed E-state index contributed by atoms with van der Waals surface area (Å²) in [6, 6.07) is 20.0. The number of anilines is 2. The number of hydrogen-bond acceptors (Lipinski definition) is 4. The van der Waals surface area contributed by atoms with Gasteiger partial charge in [-0.25, -0.2) is 8.42 Å². The Bertz CT molecular complexity index is 1180. The van der Waals surface area contributed by atoms with Gasteiger partial charge in [-0.1, -0.05) is 47.5 Å². The molecule has 0 saturated heterocycles. The van der Waals surface area contributed by atoms with E-state index in [1.807, 2.05) is 19.1 Å². The largest absolute Gasteiger partial charge is 0.476 e. The summed E-state index contributed by atoms with van der Waals surface area (Å²) in [5.41, 5.74) is 1.96. The maximum atomic E-state index is 13.3. The van der Waals surface area contributed by atoms with Gasteiger partial charge < -0.3 is 10.1 Å².